The lowest BCUT2D eigenvalue weighted by molar-refractivity contribution is 0.146. The molecule has 4 aromatic rings. The van der Waals surface area contributed by atoms with E-state index in [4.69, 9.17) is 15.3 Å². The van der Waals surface area contributed by atoms with E-state index in [0.29, 0.717) is 22.3 Å². The van der Waals surface area contributed by atoms with E-state index in [1.807, 2.05) is 30.3 Å². The molecule has 0 radical (unpaired) electrons. The number of carbonyl (C=O) groups is 2. The molecule has 10 nitrogen and oxygen atoms in total. The number of hydrogen-bond donors (Lipinski definition) is 3. The molecular weight excluding hydrogens is 544 g/mol. The standard InChI is InChI=1S/C30H28N4O6S/c1-39-29(35)33-28(31)24-11-7-10-22(18-24)20-34(19-21-8-3-2-4-9-21)30(36)40-25-16-14-23(15-17-25)26-12-5-6-13-27(26)41(32,37)38/h2-18H,19-20H2,1H3,(H2,31,33,35)(H2,32,37,38). The Balaban J connectivity index is 1.55. The number of nitrogens with two attached hydrogens (primary N) is 1. The molecule has 41 heavy (non-hydrogen) atoms. The number of methoxy groups -OCH3 is 1. The number of carbonyl (C=O) groups excluding carboxylic acids is 2. The molecule has 0 unspecified atom stereocenters. The second-order valence-electron chi connectivity index (χ2n) is 8.97. The zero-order valence-electron chi connectivity index (χ0n) is 22.1. The van der Waals surface area contributed by atoms with Gasteiger partial charge in [0.1, 0.15) is 11.6 Å². The van der Waals surface area contributed by atoms with E-state index >= 15 is 0 Å². The number of nitrogens with one attached hydrogen (secondary N) is 2. The molecule has 4 N–H and O–H groups in total. The van der Waals surface area contributed by atoms with Crippen molar-refractivity contribution in [1.82, 2.24) is 10.2 Å². The Kier molecular flexibility index (Phi) is 9.12. The first-order valence-electron chi connectivity index (χ1n) is 12.4. The number of rotatable bonds is 8. The third-order valence-corrected chi connectivity index (χ3v) is 7.01. The highest BCUT2D eigenvalue weighted by Crippen LogP contribution is 2.28. The fraction of sp³-hybridized carbons (Fsp3) is 0.100. The van der Waals surface area contributed by atoms with Gasteiger partial charge in [-0.3, -0.25) is 15.6 Å². The molecule has 0 atom stereocenters. The van der Waals surface area contributed by atoms with Crippen molar-refractivity contribution in [3.63, 3.8) is 0 Å². The highest BCUT2D eigenvalue weighted by molar-refractivity contribution is 7.89. The summed E-state index contributed by atoms with van der Waals surface area (Å²) in [6, 6.07) is 29.1. The second-order valence-corrected chi connectivity index (χ2v) is 10.5. The molecule has 0 fully saturated rings. The fourth-order valence-electron chi connectivity index (χ4n) is 4.08. The average Bonchev–Trinajstić information content (AvgIpc) is 2.97. The Morgan fingerprint density at radius 3 is 2.17 bits per heavy atom. The number of hydrogen-bond acceptors (Lipinski definition) is 7. The van der Waals surface area contributed by atoms with Gasteiger partial charge in [0.15, 0.2) is 0 Å². The maximum absolute atomic E-state index is 13.4. The van der Waals surface area contributed by atoms with Gasteiger partial charge in [0.2, 0.25) is 10.0 Å². The van der Waals surface area contributed by atoms with Crippen LogP contribution < -0.4 is 15.2 Å². The Labute approximate surface area is 237 Å². The van der Waals surface area contributed by atoms with Crippen molar-refractivity contribution in [2.75, 3.05) is 7.11 Å². The molecule has 4 aromatic carbocycles. The Hall–Kier alpha value is -5.00. The van der Waals surface area contributed by atoms with Crippen LogP contribution in [0.2, 0.25) is 0 Å². The summed E-state index contributed by atoms with van der Waals surface area (Å²) in [6.45, 7) is 0.411. The van der Waals surface area contributed by atoms with Gasteiger partial charge in [-0.05, 0) is 41.0 Å². The van der Waals surface area contributed by atoms with Crippen molar-refractivity contribution in [3.8, 4) is 16.9 Å². The molecule has 0 aliphatic carbocycles. The van der Waals surface area contributed by atoms with Crippen LogP contribution >= 0.6 is 0 Å². The Morgan fingerprint density at radius 1 is 0.854 bits per heavy atom. The third kappa shape index (κ3) is 7.78. The van der Waals surface area contributed by atoms with Crippen molar-refractivity contribution in [2.45, 2.75) is 18.0 Å². The second kappa shape index (κ2) is 12.9. The highest BCUT2D eigenvalue weighted by Gasteiger charge is 2.19. The van der Waals surface area contributed by atoms with E-state index in [1.165, 1.54) is 18.1 Å². The van der Waals surface area contributed by atoms with Crippen LogP contribution in [0.3, 0.4) is 0 Å². The third-order valence-electron chi connectivity index (χ3n) is 6.04. The number of nitrogens with zero attached hydrogens (tertiary/aromatic N) is 1. The first-order valence-corrected chi connectivity index (χ1v) is 13.9. The number of amides is 2. The number of benzene rings is 4. The molecule has 0 aliphatic rings. The number of ether oxygens (including phenoxy) is 2. The molecule has 0 heterocycles. The van der Waals surface area contributed by atoms with Crippen LogP contribution in [-0.2, 0) is 27.8 Å². The predicted molar refractivity (Wildman–Crippen MR) is 154 cm³/mol. The minimum absolute atomic E-state index is 0.00382. The zero-order chi connectivity index (χ0) is 29.4. The van der Waals surface area contributed by atoms with E-state index in [2.05, 4.69) is 10.1 Å². The lowest BCUT2D eigenvalue weighted by Gasteiger charge is -2.23. The lowest BCUT2D eigenvalue weighted by Crippen LogP contribution is -2.33. The Bertz CT molecular complexity index is 1660. The molecule has 0 spiro atoms. The van der Waals surface area contributed by atoms with Crippen LogP contribution in [0.25, 0.3) is 11.1 Å². The first kappa shape index (κ1) is 29.0. The highest BCUT2D eigenvalue weighted by atomic mass is 32.2. The SMILES string of the molecule is COC(=O)NC(=N)c1cccc(CN(Cc2ccccc2)C(=O)Oc2ccc(-c3ccccc3S(N)(=O)=O)cc2)c1. The number of sulfonamides is 1. The van der Waals surface area contributed by atoms with Crippen molar-refractivity contribution in [3.05, 3.63) is 120 Å². The quantitative estimate of drug-likeness (QED) is 0.202. The van der Waals surface area contributed by atoms with Crippen molar-refractivity contribution >= 4 is 28.0 Å². The Morgan fingerprint density at radius 2 is 1.49 bits per heavy atom. The van der Waals surface area contributed by atoms with Crippen LogP contribution in [0, 0.1) is 5.41 Å². The minimum atomic E-state index is -3.93. The van der Waals surface area contributed by atoms with Gasteiger partial charge >= 0.3 is 12.2 Å². The molecular formula is C30H28N4O6S. The van der Waals surface area contributed by atoms with Crippen LogP contribution in [0.15, 0.2) is 108 Å². The number of alkyl carbamates (subject to hydrolysis) is 1. The smallest absolute Gasteiger partial charge is 0.415 e. The van der Waals surface area contributed by atoms with Gasteiger partial charge in [-0.25, -0.2) is 23.1 Å². The summed E-state index contributed by atoms with van der Waals surface area (Å²) in [5.74, 6) is 0.127. The van der Waals surface area contributed by atoms with Crippen LogP contribution in [0.5, 0.6) is 5.75 Å². The topological polar surface area (TPSA) is 152 Å². The average molecular weight is 573 g/mol. The molecule has 0 saturated heterocycles. The van der Waals surface area contributed by atoms with Gasteiger partial charge in [-0.2, -0.15) is 0 Å². The molecule has 4 rings (SSSR count). The minimum Gasteiger partial charge on any atom is -0.453 e. The number of amidine groups is 1. The van der Waals surface area contributed by atoms with Gasteiger partial charge < -0.3 is 9.47 Å². The summed E-state index contributed by atoms with van der Waals surface area (Å²) >= 11 is 0. The normalized spacial score (nSPS) is 10.9. The van der Waals surface area contributed by atoms with E-state index in [9.17, 15) is 18.0 Å². The summed E-state index contributed by atoms with van der Waals surface area (Å²) in [5.41, 5.74) is 3.06. The largest absolute Gasteiger partial charge is 0.453 e. The van der Waals surface area contributed by atoms with E-state index < -0.39 is 22.2 Å². The molecule has 0 bridgehead atoms. The van der Waals surface area contributed by atoms with Crippen molar-refractivity contribution in [1.29, 1.82) is 5.41 Å². The molecule has 11 heteroatoms. The fourth-order valence-corrected chi connectivity index (χ4v) is 4.84. The van der Waals surface area contributed by atoms with E-state index in [-0.39, 0.29) is 29.6 Å². The summed E-state index contributed by atoms with van der Waals surface area (Å²) in [7, 11) is -2.72. The van der Waals surface area contributed by atoms with Gasteiger partial charge in [0.25, 0.3) is 0 Å². The summed E-state index contributed by atoms with van der Waals surface area (Å²) in [6.07, 6.45) is -1.37. The number of primary sulfonamides is 1. The predicted octanol–water partition coefficient (Wildman–Crippen LogP) is 4.88. The summed E-state index contributed by atoms with van der Waals surface area (Å²) < 4.78 is 34.2. The summed E-state index contributed by atoms with van der Waals surface area (Å²) in [4.78, 5) is 26.4. The van der Waals surface area contributed by atoms with Gasteiger partial charge in [0, 0.05) is 24.2 Å². The van der Waals surface area contributed by atoms with Crippen LogP contribution in [-0.4, -0.2) is 38.4 Å². The van der Waals surface area contributed by atoms with Gasteiger partial charge in [-0.15, -0.1) is 0 Å². The molecule has 210 valence electrons. The molecule has 2 amide bonds. The molecule has 0 aliphatic heterocycles. The van der Waals surface area contributed by atoms with Crippen molar-refractivity contribution in [2.24, 2.45) is 5.14 Å². The zero-order valence-corrected chi connectivity index (χ0v) is 22.9. The summed E-state index contributed by atoms with van der Waals surface area (Å²) in [5, 5.41) is 15.8. The van der Waals surface area contributed by atoms with E-state index in [1.54, 1.807) is 66.7 Å². The van der Waals surface area contributed by atoms with Gasteiger partial charge in [0.05, 0.1) is 12.0 Å². The molecule has 0 saturated carbocycles. The monoisotopic (exact) mass is 572 g/mol. The maximum Gasteiger partial charge on any atom is 0.415 e. The van der Waals surface area contributed by atoms with Crippen molar-refractivity contribution < 1.29 is 27.5 Å². The van der Waals surface area contributed by atoms with Crippen LogP contribution in [0.1, 0.15) is 16.7 Å². The maximum atomic E-state index is 13.4. The van der Waals surface area contributed by atoms with Gasteiger partial charge in [-0.1, -0.05) is 78.9 Å². The molecule has 0 aromatic heterocycles. The van der Waals surface area contributed by atoms with E-state index in [0.717, 1.165) is 5.56 Å². The van der Waals surface area contributed by atoms with Crippen LogP contribution in [0.4, 0.5) is 9.59 Å². The lowest BCUT2D eigenvalue weighted by atomic mass is 10.1. The first-order chi connectivity index (χ1) is 19.6.